The molecule has 0 unspecified atom stereocenters. The van der Waals surface area contributed by atoms with Gasteiger partial charge in [-0.2, -0.15) is 13.2 Å². The van der Waals surface area contributed by atoms with Crippen molar-refractivity contribution < 1.29 is 18.0 Å². The van der Waals surface area contributed by atoms with Gasteiger partial charge >= 0.3 is 5.51 Å². The summed E-state index contributed by atoms with van der Waals surface area (Å²) in [7, 11) is 0. The van der Waals surface area contributed by atoms with Gasteiger partial charge in [0.2, 0.25) is 5.91 Å². The van der Waals surface area contributed by atoms with Gasteiger partial charge in [-0.25, -0.2) is 0 Å². The number of rotatable bonds is 4. The van der Waals surface area contributed by atoms with Crippen LogP contribution in [-0.2, 0) is 4.79 Å². The molecule has 0 aromatic heterocycles. The number of hydrogen-bond acceptors (Lipinski definition) is 3. The first-order valence-electron chi connectivity index (χ1n) is 4.68. The van der Waals surface area contributed by atoms with Crippen molar-refractivity contribution >= 4 is 17.7 Å². The van der Waals surface area contributed by atoms with E-state index in [1.54, 1.807) is 0 Å². The monoisotopic (exact) mass is 242 g/mol. The second-order valence-electron chi connectivity index (χ2n) is 3.33. The van der Waals surface area contributed by atoms with Crippen molar-refractivity contribution in [3.63, 3.8) is 0 Å². The Balaban J connectivity index is 2.08. The van der Waals surface area contributed by atoms with Gasteiger partial charge in [-0.15, -0.1) is 0 Å². The molecule has 1 amide bonds. The van der Waals surface area contributed by atoms with Crippen molar-refractivity contribution in [3.8, 4) is 0 Å². The third-order valence-electron chi connectivity index (χ3n) is 2.07. The number of hydrogen-bond donors (Lipinski definition) is 2. The normalized spacial score (nSPS) is 21.7. The molecule has 1 saturated heterocycles. The van der Waals surface area contributed by atoms with Gasteiger partial charge in [0.05, 0.1) is 5.75 Å². The van der Waals surface area contributed by atoms with Crippen molar-refractivity contribution in [2.45, 2.75) is 24.4 Å². The van der Waals surface area contributed by atoms with Crippen LogP contribution in [0.2, 0.25) is 0 Å². The summed E-state index contributed by atoms with van der Waals surface area (Å²) in [6.07, 6.45) is 2.02. The Hall–Kier alpha value is -0.430. The van der Waals surface area contributed by atoms with E-state index < -0.39 is 17.2 Å². The molecule has 0 spiro atoms. The minimum atomic E-state index is -4.33. The molecule has 1 fully saturated rings. The summed E-state index contributed by atoms with van der Waals surface area (Å²) < 4.78 is 35.2. The Kier molecular flexibility index (Phi) is 4.72. The molecule has 1 atom stereocenters. The molecule has 7 heteroatoms. The van der Waals surface area contributed by atoms with Crippen LogP contribution in [0.15, 0.2) is 0 Å². The zero-order chi connectivity index (χ0) is 11.3. The lowest BCUT2D eigenvalue weighted by molar-refractivity contribution is -0.118. The fraction of sp³-hybridized carbons (Fsp3) is 0.875. The molecule has 88 valence electrons. The van der Waals surface area contributed by atoms with E-state index in [9.17, 15) is 18.0 Å². The summed E-state index contributed by atoms with van der Waals surface area (Å²) in [5.74, 6) is -1.12. The van der Waals surface area contributed by atoms with Crippen LogP contribution < -0.4 is 10.6 Å². The van der Waals surface area contributed by atoms with Crippen LogP contribution in [0.25, 0.3) is 0 Å². The molecule has 0 aromatic carbocycles. The van der Waals surface area contributed by atoms with Crippen molar-refractivity contribution in [2.75, 3.05) is 18.8 Å². The second-order valence-corrected chi connectivity index (χ2v) is 4.37. The van der Waals surface area contributed by atoms with Gasteiger partial charge in [-0.1, -0.05) is 0 Å². The summed E-state index contributed by atoms with van der Waals surface area (Å²) in [6, 6.07) is 0.213. The molecular formula is C8H13F3N2OS. The Bertz CT molecular complexity index is 216. The third-order valence-corrected chi connectivity index (χ3v) is 2.81. The summed E-state index contributed by atoms with van der Waals surface area (Å²) in [4.78, 5) is 11.0. The summed E-state index contributed by atoms with van der Waals surface area (Å²) >= 11 is -0.308. The molecule has 0 saturated carbocycles. The van der Waals surface area contributed by atoms with Crippen molar-refractivity contribution in [1.82, 2.24) is 10.6 Å². The maximum atomic E-state index is 11.7. The zero-order valence-corrected chi connectivity index (χ0v) is 8.88. The Morgan fingerprint density at radius 2 is 2.27 bits per heavy atom. The van der Waals surface area contributed by atoms with Crippen LogP contribution in [0.1, 0.15) is 12.8 Å². The van der Waals surface area contributed by atoms with Crippen LogP contribution in [0.5, 0.6) is 0 Å². The number of alkyl halides is 3. The van der Waals surface area contributed by atoms with Crippen molar-refractivity contribution in [1.29, 1.82) is 0 Å². The maximum absolute atomic E-state index is 11.7. The standard InChI is InChI=1S/C8H13F3N2OS/c9-8(10,11)15-5-7(14)13-4-6-2-1-3-12-6/h6,12H,1-5H2,(H,13,14)/t6-/m1/s1. The highest BCUT2D eigenvalue weighted by atomic mass is 32.2. The predicted molar refractivity (Wildman–Crippen MR) is 52.5 cm³/mol. The zero-order valence-electron chi connectivity index (χ0n) is 8.06. The van der Waals surface area contributed by atoms with Gasteiger partial charge in [0.1, 0.15) is 0 Å². The van der Waals surface area contributed by atoms with Crippen LogP contribution in [-0.4, -0.2) is 36.3 Å². The SMILES string of the molecule is O=C(CSC(F)(F)F)NC[C@H]1CCCN1. The Morgan fingerprint density at radius 1 is 1.53 bits per heavy atom. The summed E-state index contributed by atoms with van der Waals surface area (Å²) in [5.41, 5.74) is -4.33. The highest BCUT2D eigenvalue weighted by molar-refractivity contribution is 8.00. The molecule has 1 aliphatic heterocycles. The van der Waals surface area contributed by atoms with Crippen LogP contribution in [0, 0.1) is 0 Å². The number of thioether (sulfide) groups is 1. The Morgan fingerprint density at radius 3 is 2.80 bits per heavy atom. The fourth-order valence-corrected chi connectivity index (χ4v) is 1.76. The molecule has 0 bridgehead atoms. The van der Waals surface area contributed by atoms with Crippen LogP contribution in [0.4, 0.5) is 13.2 Å². The van der Waals surface area contributed by atoms with Crippen molar-refractivity contribution in [3.05, 3.63) is 0 Å². The van der Waals surface area contributed by atoms with E-state index in [1.807, 2.05) is 0 Å². The van der Waals surface area contributed by atoms with Gasteiger partial charge in [0, 0.05) is 12.6 Å². The van der Waals surface area contributed by atoms with Gasteiger partial charge in [0.25, 0.3) is 0 Å². The number of halogens is 3. The first-order valence-corrected chi connectivity index (χ1v) is 5.67. The van der Waals surface area contributed by atoms with Gasteiger partial charge < -0.3 is 10.6 Å². The molecule has 15 heavy (non-hydrogen) atoms. The first-order chi connectivity index (χ1) is 6.97. The molecule has 1 heterocycles. The van der Waals surface area contributed by atoms with E-state index in [1.165, 1.54) is 0 Å². The minimum Gasteiger partial charge on any atom is -0.354 e. The predicted octanol–water partition coefficient (Wildman–Crippen LogP) is 1.11. The molecule has 2 N–H and O–H groups in total. The van der Waals surface area contributed by atoms with E-state index in [4.69, 9.17) is 0 Å². The average Bonchev–Trinajstić information content (AvgIpc) is 2.62. The number of nitrogens with one attached hydrogen (secondary N) is 2. The fourth-order valence-electron chi connectivity index (χ4n) is 1.37. The smallest absolute Gasteiger partial charge is 0.354 e. The number of amides is 1. The molecule has 1 aliphatic rings. The van der Waals surface area contributed by atoms with Crippen LogP contribution in [0.3, 0.4) is 0 Å². The van der Waals surface area contributed by atoms with Gasteiger partial charge in [0.15, 0.2) is 0 Å². The minimum absolute atomic E-state index is 0.213. The topological polar surface area (TPSA) is 41.1 Å². The number of carbonyl (C=O) groups excluding carboxylic acids is 1. The lowest BCUT2D eigenvalue weighted by Gasteiger charge is -2.11. The van der Waals surface area contributed by atoms with E-state index >= 15 is 0 Å². The molecule has 0 aromatic rings. The van der Waals surface area contributed by atoms with E-state index in [0.717, 1.165) is 19.4 Å². The van der Waals surface area contributed by atoms with E-state index in [0.29, 0.717) is 6.54 Å². The molecule has 1 rings (SSSR count). The Labute approximate surface area is 90.2 Å². The quantitative estimate of drug-likeness (QED) is 0.776. The number of carbonyl (C=O) groups is 1. The molecular weight excluding hydrogens is 229 g/mol. The van der Waals surface area contributed by atoms with Crippen molar-refractivity contribution in [2.24, 2.45) is 0 Å². The maximum Gasteiger partial charge on any atom is 0.442 e. The highest BCUT2D eigenvalue weighted by Gasteiger charge is 2.29. The van der Waals surface area contributed by atoms with E-state index in [2.05, 4.69) is 10.6 Å². The van der Waals surface area contributed by atoms with Gasteiger partial charge in [-0.3, -0.25) is 4.79 Å². The van der Waals surface area contributed by atoms with E-state index in [-0.39, 0.29) is 17.8 Å². The lowest BCUT2D eigenvalue weighted by Crippen LogP contribution is -2.38. The molecule has 3 nitrogen and oxygen atoms in total. The molecule has 0 radical (unpaired) electrons. The second kappa shape index (κ2) is 5.60. The highest BCUT2D eigenvalue weighted by Crippen LogP contribution is 2.29. The largest absolute Gasteiger partial charge is 0.442 e. The van der Waals surface area contributed by atoms with Gasteiger partial charge in [-0.05, 0) is 31.1 Å². The third kappa shape index (κ3) is 5.88. The lowest BCUT2D eigenvalue weighted by atomic mass is 10.2. The molecule has 0 aliphatic carbocycles. The van der Waals surface area contributed by atoms with Crippen LogP contribution >= 0.6 is 11.8 Å². The summed E-state index contributed by atoms with van der Waals surface area (Å²) in [6.45, 7) is 1.33. The summed E-state index contributed by atoms with van der Waals surface area (Å²) in [5, 5.41) is 5.62. The average molecular weight is 242 g/mol. The first kappa shape index (κ1) is 12.6.